The molecule has 0 aliphatic carbocycles. The molecule has 0 N–H and O–H groups in total. The molecule has 3 nitrogen and oxygen atoms in total. The number of hydrogen-bond acceptors (Lipinski definition) is 2. The van der Waals surface area contributed by atoms with Crippen molar-refractivity contribution >= 4 is 0 Å². The Hall–Kier alpha value is -1.78. The molecule has 0 saturated heterocycles. The van der Waals surface area contributed by atoms with Crippen LogP contribution in [0.5, 0.6) is 0 Å². The van der Waals surface area contributed by atoms with Crippen molar-refractivity contribution in [3.8, 4) is 0 Å². The molecule has 2 heterocycles. The maximum absolute atomic E-state index is 12.3. The van der Waals surface area contributed by atoms with Gasteiger partial charge in [0.25, 0.3) is 6.43 Å². The van der Waals surface area contributed by atoms with Gasteiger partial charge in [0.15, 0.2) is 0 Å². The summed E-state index contributed by atoms with van der Waals surface area (Å²) in [5.41, 5.74) is 0.777. The molecule has 2 rings (SSSR count). The molecule has 0 fully saturated rings. The van der Waals surface area contributed by atoms with Gasteiger partial charge in [-0.2, -0.15) is 5.10 Å². The lowest BCUT2D eigenvalue weighted by molar-refractivity contribution is 0.121. The van der Waals surface area contributed by atoms with E-state index in [1.165, 1.54) is 24.7 Å². The van der Waals surface area contributed by atoms with Gasteiger partial charge < -0.3 is 0 Å². The maximum atomic E-state index is 12.3. The Labute approximate surface area is 102 Å². The molecule has 1 unspecified atom stereocenters. The molecular formula is C12H13F2N3. The fourth-order valence-corrected chi connectivity index (χ4v) is 1.50. The largest absolute Gasteiger partial charge is 0.267 e. The van der Waals surface area contributed by atoms with Gasteiger partial charge in [0.2, 0.25) is 0 Å². The third-order valence-electron chi connectivity index (χ3n) is 2.32. The van der Waals surface area contributed by atoms with E-state index in [-0.39, 0.29) is 5.69 Å². The second kappa shape index (κ2) is 5.03. The molecule has 5 heteroatoms. The van der Waals surface area contributed by atoms with Crippen molar-refractivity contribution in [2.45, 2.75) is 25.7 Å². The SMILES string of the molecule is [2H]C([2H])([2H])C(c1ccncc1)c1ccn(CC(F)F)n1. The summed E-state index contributed by atoms with van der Waals surface area (Å²) in [6, 6.07) is 4.63. The van der Waals surface area contributed by atoms with Crippen LogP contribution in [0.15, 0.2) is 36.8 Å². The molecule has 2 aromatic heterocycles. The molecule has 1 atom stereocenters. The second-order valence-electron chi connectivity index (χ2n) is 3.57. The summed E-state index contributed by atoms with van der Waals surface area (Å²) < 4.78 is 48.6. The van der Waals surface area contributed by atoms with Crippen LogP contribution >= 0.6 is 0 Å². The van der Waals surface area contributed by atoms with Gasteiger partial charge in [0.1, 0.15) is 6.54 Å². The molecular weight excluding hydrogens is 224 g/mol. The van der Waals surface area contributed by atoms with Crippen LogP contribution in [-0.4, -0.2) is 21.2 Å². The lowest BCUT2D eigenvalue weighted by atomic mass is 9.99. The van der Waals surface area contributed by atoms with E-state index >= 15 is 0 Å². The van der Waals surface area contributed by atoms with Crippen molar-refractivity contribution in [3.63, 3.8) is 0 Å². The van der Waals surface area contributed by atoms with Crippen LogP contribution in [0.2, 0.25) is 0 Å². The zero-order valence-electron chi connectivity index (χ0n) is 11.9. The normalized spacial score (nSPS) is 16.3. The second-order valence-corrected chi connectivity index (χ2v) is 3.57. The third-order valence-corrected chi connectivity index (χ3v) is 2.32. The van der Waals surface area contributed by atoms with Crippen LogP contribution < -0.4 is 0 Å². The number of halogens is 2. The Morgan fingerprint density at radius 2 is 2.12 bits per heavy atom. The summed E-state index contributed by atoms with van der Waals surface area (Å²) in [6.45, 7) is -2.87. The van der Waals surface area contributed by atoms with Crippen LogP contribution in [0, 0.1) is 0 Å². The highest BCUT2D eigenvalue weighted by Gasteiger charge is 2.12. The van der Waals surface area contributed by atoms with E-state index in [9.17, 15) is 8.78 Å². The van der Waals surface area contributed by atoms with E-state index in [0.29, 0.717) is 5.56 Å². The Balaban J connectivity index is 2.35. The fraction of sp³-hybridized carbons (Fsp3) is 0.333. The van der Waals surface area contributed by atoms with Crippen molar-refractivity contribution in [2.75, 3.05) is 0 Å². The first-order chi connectivity index (χ1) is 9.38. The molecule has 90 valence electrons. The van der Waals surface area contributed by atoms with Crippen LogP contribution in [0.4, 0.5) is 8.78 Å². The Morgan fingerprint density at radius 1 is 1.35 bits per heavy atom. The van der Waals surface area contributed by atoms with Crippen LogP contribution in [-0.2, 0) is 6.54 Å². The predicted octanol–water partition coefficient (Wildman–Crippen LogP) is 2.70. The first kappa shape index (κ1) is 8.33. The lowest BCUT2D eigenvalue weighted by Crippen LogP contribution is -2.08. The van der Waals surface area contributed by atoms with Crippen LogP contribution in [0.1, 0.15) is 28.1 Å². The lowest BCUT2D eigenvalue weighted by Gasteiger charge is -2.08. The summed E-state index contributed by atoms with van der Waals surface area (Å²) in [6.07, 6.45) is 1.81. The van der Waals surface area contributed by atoms with E-state index < -0.39 is 25.7 Å². The molecule has 17 heavy (non-hydrogen) atoms. The Kier molecular flexibility index (Phi) is 2.47. The smallest absolute Gasteiger partial charge is 0.257 e. The topological polar surface area (TPSA) is 30.7 Å². The van der Waals surface area contributed by atoms with Gasteiger partial charge in [0, 0.05) is 28.6 Å². The molecule has 0 bridgehead atoms. The first-order valence-electron chi connectivity index (χ1n) is 6.59. The van der Waals surface area contributed by atoms with Gasteiger partial charge >= 0.3 is 0 Å². The standard InChI is InChI=1S/C12H13F2N3/c1-9(10-2-5-15-6-3-10)11-4-7-17(16-11)8-12(13)14/h2-7,9,12H,8H2,1H3/i1D3. The van der Waals surface area contributed by atoms with Gasteiger partial charge in [-0.05, 0) is 23.8 Å². The van der Waals surface area contributed by atoms with Gasteiger partial charge in [-0.15, -0.1) is 0 Å². The highest BCUT2D eigenvalue weighted by atomic mass is 19.3. The summed E-state index contributed by atoms with van der Waals surface area (Å²) in [5.74, 6) is -0.954. The van der Waals surface area contributed by atoms with Crippen molar-refractivity contribution in [3.05, 3.63) is 48.0 Å². The molecule has 0 amide bonds. The van der Waals surface area contributed by atoms with Crippen molar-refractivity contribution in [1.82, 2.24) is 14.8 Å². The minimum atomic E-state index is -2.53. The number of alkyl halides is 2. The van der Waals surface area contributed by atoms with Crippen molar-refractivity contribution < 1.29 is 12.9 Å². The summed E-state index contributed by atoms with van der Waals surface area (Å²) in [4.78, 5) is 3.84. The first-order valence-corrected chi connectivity index (χ1v) is 5.09. The van der Waals surface area contributed by atoms with Crippen LogP contribution in [0.3, 0.4) is 0 Å². The number of rotatable bonds is 4. The van der Waals surface area contributed by atoms with E-state index in [1.807, 2.05) is 0 Å². The van der Waals surface area contributed by atoms with E-state index in [0.717, 1.165) is 4.68 Å². The Bertz CT molecular complexity index is 555. The zero-order valence-corrected chi connectivity index (χ0v) is 8.92. The predicted molar refractivity (Wildman–Crippen MR) is 60.0 cm³/mol. The third kappa shape index (κ3) is 2.87. The Morgan fingerprint density at radius 3 is 2.76 bits per heavy atom. The molecule has 0 radical (unpaired) electrons. The molecule has 2 aromatic rings. The molecule has 0 aliphatic rings. The van der Waals surface area contributed by atoms with E-state index in [1.54, 1.807) is 12.1 Å². The van der Waals surface area contributed by atoms with Gasteiger partial charge in [-0.3, -0.25) is 9.67 Å². The zero-order chi connectivity index (χ0) is 14.8. The molecule has 0 spiro atoms. The number of pyridine rings is 1. The summed E-state index contributed by atoms with van der Waals surface area (Å²) >= 11 is 0. The highest BCUT2D eigenvalue weighted by Crippen LogP contribution is 2.21. The number of aromatic nitrogens is 3. The molecule has 0 aromatic carbocycles. The van der Waals surface area contributed by atoms with E-state index in [2.05, 4.69) is 10.1 Å². The van der Waals surface area contributed by atoms with Gasteiger partial charge in [-0.1, -0.05) is 6.85 Å². The molecule has 0 saturated carbocycles. The van der Waals surface area contributed by atoms with E-state index in [4.69, 9.17) is 4.11 Å². The minimum absolute atomic E-state index is 0.247. The molecule has 0 aliphatic heterocycles. The number of nitrogens with zero attached hydrogens (tertiary/aromatic N) is 3. The van der Waals surface area contributed by atoms with Crippen molar-refractivity contribution in [2.24, 2.45) is 0 Å². The van der Waals surface area contributed by atoms with Crippen molar-refractivity contribution in [1.29, 1.82) is 0 Å². The van der Waals surface area contributed by atoms with Crippen LogP contribution in [0.25, 0.3) is 0 Å². The van der Waals surface area contributed by atoms with Gasteiger partial charge in [-0.25, -0.2) is 8.78 Å². The fourth-order valence-electron chi connectivity index (χ4n) is 1.50. The maximum Gasteiger partial charge on any atom is 0.257 e. The average Bonchev–Trinajstić information content (AvgIpc) is 2.76. The summed E-state index contributed by atoms with van der Waals surface area (Å²) in [7, 11) is 0. The summed E-state index contributed by atoms with van der Waals surface area (Å²) in [5, 5.41) is 3.95. The quantitative estimate of drug-likeness (QED) is 0.822. The monoisotopic (exact) mass is 240 g/mol. The van der Waals surface area contributed by atoms with Gasteiger partial charge in [0.05, 0.1) is 5.69 Å². The minimum Gasteiger partial charge on any atom is -0.267 e. The highest BCUT2D eigenvalue weighted by molar-refractivity contribution is 5.24. The number of hydrogen-bond donors (Lipinski definition) is 0. The average molecular weight is 240 g/mol.